The monoisotopic (exact) mass is 312 g/mol. The highest BCUT2D eigenvalue weighted by Crippen LogP contribution is 2.14. The van der Waals surface area contributed by atoms with E-state index in [4.69, 9.17) is 0 Å². The topological polar surface area (TPSA) is 58.1 Å². The van der Waals surface area contributed by atoms with Crippen molar-refractivity contribution < 1.29 is 4.79 Å². The highest BCUT2D eigenvalue weighted by atomic mass is 16.1. The van der Waals surface area contributed by atoms with Gasteiger partial charge in [-0.3, -0.25) is 4.79 Å². The Morgan fingerprint density at radius 2 is 2.00 bits per heavy atom. The summed E-state index contributed by atoms with van der Waals surface area (Å²) >= 11 is 0. The zero-order chi connectivity index (χ0) is 16.8. The predicted octanol–water partition coefficient (Wildman–Crippen LogP) is 3.58. The van der Waals surface area contributed by atoms with Crippen molar-refractivity contribution in [2.45, 2.75) is 33.6 Å². The fourth-order valence-corrected chi connectivity index (χ4v) is 2.25. The molecule has 0 spiro atoms. The zero-order valence-electron chi connectivity index (χ0n) is 14.3. The molecule has 1 aromatic heterocycles. The molecule has 0 fully saturated rings. The van der Waals surface area contributed by atoms with Gasteiger partial charge in [-0.2, -0.15) is 0 Å². The molecule has 0 aliphatic rings. The number of unbranched alkanes of at least 4 members (excludes halogenated alkanes) is 1. The van der Waals surface area contributed by atoms with Crippen LogP contribution in [0, 0.1) is 13.8 Å². The van der Waals surface area contributed by atoms with E-state index >= 15 is 0 Å². The van der Waals surface area contributed by atoms with Crippen LogP contribution in [0.25, 0.3) is 0 Å². The van der Waals surface area contributed by atoms with Crippen molar-refractivity contribution in [2.75, 3.05) is 23.8 Å². The number of hydrogen-bond acceptors (Lipinski definition) is 4. The molecule has 0 unspecified atom stereocenters. The van der Waals surface area contributed by atoms with Crippen molar-refractivity contribution in [3.05, 3.63) is 47.3 Å². The minimum Gasteiger partial charge on any atom is -0.344 e. The highest BCUT2D eigenvalue weighted by molar-refractivity contribution is 6.03. The van der Waals surface area contributed by atoms with E-state index in [0.717, 1.165) is 36.3 Å². The van der Waals surface area contributed by atoms with E-state index < -0.39 is 0 Å². The van der Waals surface area contributed by atoms with Gasteiger partial charge in [-0.05, 0) is 44.0 Å². The zero-order valence-corrected chi connectivity index (χ0v) is 14.3. The fourth-order valence-electron chi connectivity index (χ4n) is 2.25. The van der Waals surface area contributed by atoms with Gasteiger partial charge in [-0.1, -0.05) is 25.5 Å². The van der Waals surface area contributed by atoms with Crippen molar-refractivity contribution in [1.82, 2.24) is 9.97 Å². The number of nitrogens with one attached hydrogen (secondary N) is 1. The van der Waals surface area contributed by atoms with Crippen molar-refractivity contribution in [1.29, 1.82) is 0 Å². The first kappa shape index (κ1) is 16.9. The normalized spacial score (nSPS) is 10.4. The van der Waals surface area contributed by atoms with Crippen LogP contribution in [0.15, 0.2) is 30.3 Å². The maximum atomic E-state index is 12.4. The lowest BCUT2D eigenvalue weighted by Gasteiger charge is -2.17. The van der Waals surface area contributed by atoms with E-state index in [1.807, 2.05) is 50.1 Å². The molecule has 23 heavy (non-hydrogen) atoms. The van der Waals surface area contributed by atoms with Gasteiger partial charge in [0.15, 0.2) is 0 Å². The van der Waals surface area contributed by atoms with Crippen LogP contribution in [0.4, 0.5) is 11.6 Å². The minimum absolute atomic E-state index is 0.216. The Kier molecular flexibility index (Phi) is 5.68. The first-order valence-corrected chi connectivity index (χ1v) is 7.94. The number of carbonyl (C=O) groups is 1. The quantitative estimate of drug-likeness (QED) is 0.885. The first-order valence-electron chi connectivity index (χ1n) is 7.94. The number of nitrogens with zero attached hydrogens (tertiary/aromatic N) is 3. The number of carbonyl (C=O) groups excluding carboxylic acids is 1. The minimum atomic E-state index is -0.216. The van der Waals surface area contributed by atoms with Crippen LogP contribution in [0.5, 0.6) is 0 Å². The number of amides is 1. The molecule has 2 aromatic rings. The molecule has 1 amide bonds. The third-order valence-corrected chi connectivity index (χ3v) is 3.54. The van der Waals surface area contributed by atoms with Crippen LogP contribution in [0.3, 0.4) is 0 Å². The second-order valence-corrected chi connectivity index (χ2v) is 5.79. The summed E-state index contributed by atoms with van der Waals surface area (Å²) in [6.45, 7) is 6.89. The van der Waals surface area contributed by atoms with Crippen molar-refractivity contribution in [2.24, 2.45) is 0 Å². The molecule has 0 radical (unpaired) electrons. The summed E-state index contributed by atoms with van der Waals surface area (Å²) in [4.78, 5) is 23.3. The van der Waals surface area contributed by atoms with E-state index in [-0.39, 0.29) is 5.91 Å². The third-order valence-electron chi connectivity index (χ3n) is 3.54. The molecule has 0 saturated heterocycles. The fraction of sp³-hybridized carbons (Fsp3) is 0.389. The lowest BCUT2D eigenvalue weighted by molar-refractivity contribution is 0.102. The van der Waals surface area contributed by atoms with Gasteiger partial charge in [0.1, 0.15) is 5.69 Å². The Labute approximate surface area is 137 Å². The second-order valence-electron chi connectivity index (χ2n) is 5.79. The lowest BCUT2D eigenvalue weighted by Crippen LogP contribution is -2.23. The first-order chi connectivity index (χ1) is 11.0. The van der Waals surface area contributed by atoms with Crippen molar-refractivity contribution in [3.8, 4) is 0 Å². The maximum absolute atomic E-state index is 12.4. The summed E-state index contributed by atoms with van der Waals surface area (Å²) in [5.74, 6) is 0.374. The van der Waals surface area contributed by atoms with Gasteiger partial charge < -0.3 is 10.2 Å². The van der Waals surface area contributed by atoms with Gasteiger partial charge in [0.05, 0.1) is 0 Å². The van der Waals surface area contributed by atoms with Gasteiger partial charge in [0.2, 0.25) is 5.95 Å². The average molecular weight is 312 g/mol. The van der Waals surface area contributed by atoms with Crippen LogP contribution < -0.4 is 10.2 Å². The summed E-state index contributed by atoms with van der Waals surface area (Å²) in [5, 5.41) is 2.89. The molecule has 0 atom stereocenters. The Bertz CT molecular complexity index is 684. The van der Waals surface area contributed by atoms with Gasteiger partial charge >= 0.3 is 0 Å². The standard InChI is InChI=1S/C18H24N4O/c1-5-6-10-22(4)18-19-14(3)12-16(21-18)17(23)20-15-9-7-8-13(2)11-15/h7-9,11-12H,5-6,10H2,1-4H3,(H,20,23). The third kappa shape index (κ3) is 4.77. The number of rotatable bonds is 6. The van der Waals surface area contributed by atoms with Crippen LogP contribution in [0.2, 0.25) is 0 Å². The largest absolute Gasteiger partial charge is 0.344 e. The maximum Gasteiger partial charge on any atom is 0.274 e. The molecule has 0 saturated carbocycles. The van der Waals surface area contributed by atoms with Crippen LogP contribution >= 0.6 is 0 Å². The van der Waals surface area contributed by atoms with E-state index in [1.54, 1.807) is 6.07 Å². The van der Waals surface area contributed by atoms with Crippen molar-refractivity contribution >= 4 is 17.5 Å². The lowest BCUT2D eigenvalue weighted by atomic mass is 10.2. The second kappa shape index (κ2) is 7.72. The predicted molar refractivity (Wildman–Crippen MR) is 94.1 cm³/mol. The molecule has 0 aliphatic carbocycles. The average Bonchev–Trinajstić information content (AvgIpc) is 2.52. The molecular weight excluding hydrogens is 288 g/mol. The molecule has 5 nitrogen and oxygen atoms in total. The molecule has 2 rings (SSSR count). The van der Waals surface area contributed by atoms with Crippen molar-refractivity contribution in [3.63, 3.8) is 0 Å². The van der Waals surface area contributed by atoms with E-state index in [1.165, 1.54) is 0 Å². The van der Waals surface area contributed by atoms with Gasteiger partial charge in [-0.25, -0.2) is 9.97 Å². The summed E-state index contributed by atoms with van der Waals surface area (Å²) in [5.41, 5.74) is 3.04. The molecule has 1 N–H and O–H groups in total. The highest BCUT2D eigenvalue weighted by Gasteiger charge is 2.13. The molecule has 5 heteroatoms. The van der Waals surface area contributed by atoms with Crippen LogP contribution in [-0.4, -0.2) is 29.5 Å². The van der Waals surface area contributed by atoms with Gasteiger partial charge in [0, 0.05) is 25.0 Å². The van der Waals surface area contributed by atoms with E-state index in [9.17, 15) is 4.79 Å². The molecular formula is C18H24N4O. The number of aryl methyl sites for hydroxylation is 2. The Hall–Kier alpha value is -2.43. The van der Waals surface area contributed by atoms with Crippen LogP contribution in [-0.2, 0) is 0 Å². The molecule has 0 bridgehead atoms. The number of aromatic nitrogens is 2. The summed E-state index contributed by atoms with van der Waals surface area (Å²) < 4.78 is 0. The van der Waals surface area contributed by atoms with E-state index in [2.05, 4.69) is 22.2 Å². The number of benzene rings is 1. The SMILES string of the molecule is CCCCN(C)c1nc(C)cc(C(=O)Nc2cccc(C)c2)n1. The number of hydrogen-bond donors (Lipinski definition) is 1. The number of anilines is 2. The van der Waals surface area contributed by atoms with Gasteiger partial charge in [-0.15, -0.1) is 0 Å². The molecule has 122 valence electrons. The molecule has 0 aliphatic heterocycles. The smallest absolute Gasteiger partial charge is 0.274 e. The summed E-state index contributed by atoms with van der Waals surface area (Å²) in [6, 6.07) is 9.42. The summed E-state index contributed by atoms with van der Waals surface area (Å²) in [7, 11) is 1.95. The Morgan fingerprint density at radius 1 is 1.22 bits per heavy atom. The van der Waals surface area contributed by atoms with Gasteiger partial charge in [0.25, 0.3) is 5.91 Å². The molecule has 1 heterocycles. The Morgan fingerprint density at radius 3 is 2.70 bits per heavy atom. The Balaban J connectivity index is 2.18. The van der Waals surface area contributed by atoms with E-state index in [0.29, 0.717) is 11.6 Å². The molecule has 1 aromatic carbocycles. The van der Waals surface area contributed by atoms with Crippen LogP contribution in [0.1, 0.15) is 41.5 Å². The summed E-state index contributed by atoms with van der Waals surface area (Å²) in [6.07, 6.45) is 2.18.